The lowest BCUT2D eigenvalue weighted by molar-refractivity contribution is 0.0102. The highest BCUT2D eigenvalue weighted by Gasteiger charge is 2.29. The molecule has 22 heavy (non-hydrogen) atoms. The van der Waals surface area contributed by atoms with Gasteiger partial charge in [0.1, 0.15) is 16.8 Å². The fourth-order valence-corrected chi connectivity index (χ4v) is 3.23. The Kier molecular flexibility index (Phi) is 4.39. The van der Waals surface area contributed by atoms with E-state index in [0.717, 1.165) is 25.7 Å². The second-order valence-electron chi connectivity index (χ2n) is 5.09. The molecule has 2 aromatic heterocycles. The molecule has 2 aromatic rings. The zero-order valence-electron chi connectivity index (χ0n) is 11.8. The van der Waals surface area contributed by atoms with Crippen LogP contribution in [0.3, 0.4) is 0 Å². The molecule has 0 amide bonds. The fraction of sp³-hybridized carbons (Fsp3) is 0.400. The van der Waals surface area contributed by atoms with Gasteiger partial charge in [-0.2, -0.15) is 5.26 Å². The first-order valence-electron chi connectivity index (χ1n) is 7.10. The van der Waals surface area contributed by atoms with E-state index < -0.39 is 5.97 Å². The Labute approximate surface area is 131 Å². The van der Waals surface area contributed by atoms with E-state index in [0.29, 0.717) is 10.7 Å². The molecule has 6 nitrogen and oxygen atoms in total. The van der Waals surface area contributed by atoms with E-state index in [1.165, 1.54) is 11.3 Å². The summed E-state index contributed by atoms with van der Waals surface area (Å²) in [6.45, 7) is 0. The van der Waals surface area contributed by atoms with Crippen LogP contribution in [0.4, 0.5) is 0 Å². The summed E-state index contributed by atoms with van der Waals surface area (Å²) in [4.78, 5) is 24.6. The first-order chi connectivity index (χ1) is 10.8. The summed E-state index contributed by atoms with van der Waals surface area (Å²) in [6.07, 6.45) is 7.96. The molecular formula is C15H14N4O2S. The van der Waals surface area contributed by atoms with Crippen LogP contribution in [0.25, 0.3) is 10.7 Å². The van der Waals surface area contributed by atoms with Gasteiger partial charge in [-0.3, -0.25) is 9.97 Å². The van der Waals surface area contributed by atoms with E-state index in [2.05, 4.69) is 21.0 Å². The lowest BCUT2D eigenvalue weighted by atomic mass is 9.87. The van der Waals surface area contributed by atoms with Gasteiger partial charge in [-0.05, 0) is 19.3 Å². The molecule has 0 aliphatic heterocycles. The lowest BCUT2D eigenvalue weighted by Crippen LogP contribution is -2.29. The SMILES string of the molecule is N#C[C@@H]1CCCC[C@@H]1OC(=O)c1csc(-c2cnccn2)n1. The monoisotopic (exact) mass is 314 g/mol. The number of nitriles is 1. The van der Waals surface area contributed by atoms with Gasteiger partial charge in [-0.25, -0.2) is 9.78 Å². The number of nitrogens with zero attached hydrogens (tertiary/aromatic N) is 4. The van der Waals surface area contributed by atoms with Crippen LogP contribution in [0.15, 0.2) is 24.0 Å². The zero-order chi connectivity index (χ0) is 15.4. The lowest BCUT2D eigenvalue weighted by Gasteiger charge is -2.26. The number of aromatic nitrogens is 3. The van der Waals surface area contributed by atoms with Gasteiger partial charge in [0.15, 0.2) is 5.69 Å². The molecule has 0 bridgehead atoms. The average molecular weight is 314 g/mol. The Morgan fingerprint density at radius 2 is 2.23 bits per heavy atom. The quantitative estimate of drug-likeness (QED) is 0.809. The summed E-state index contributed by atoms with van der Waals surface area (Å²) in [5, 5.41) is 11.4. The number of thiazole rings is 1. The smallest absolute Gasteiger partial charge is 0.358 e. The zero-order valence-corrected chi connectivity index (χ0v) is 12.6. The molecule has 1 fully saturated rings. The van der Waals surface area contributed by atoms with Crippen molar-refractivity contribution in [2.45, 2.75) is 31.8 Å². The molecule has 3 rings (SSSR count). The summed E-state index contributed by atoms with van der Waals surface area (Å²) < 4.78 is 5.48. The van der Waals surface area contributed by atoms with E-state index in [4.69, 9.17) is 10.00 Å². The Morgan fingerprint density at radius 1 is 1.36 bits per heavy atom. The van der Waals surface area contributed by atoms with E-state index in [9.17, 15) is 4.79 Å². The molecule has 2 atom stereocenters. The number of rotatable bonds is 3. The largest absolute Gasteiger partial charge is 0.456 e. The molecule has 0 radical (unpaired) electrons. The fourth-order valence-electron chi connectivity index (χ4n) is 2.48. The number of esters is 1. The van der Waals surface area contributed by atoms with Gasteiger partial charge >= 0.3 is 5.97 Å². The van der Waals surface area contributed by atoms with Crippen molar-refractivity contribution in [2.75, 3.05) is 0 Å². The Hall–Kier alpha value is -2.33. The predicted octanol–water partition coefficient (Wildman–Crippen LogP) is 2.84. The molecule has 1 aliphatic carbocycles. The molecule has 1 saturated carbocycles. The minimum atomic E-state index is -0.474. The number of hydrogen-bond acceptors (Lipinski definition) is 7. The van der Waals surface area contributed by atoms with Crippen molar-refractivity contribution >= 4 is 17.3 Å². The van der Waals surface area contributed by atoms with Crippen molar-refractivity contribution in [3.63, 3.8) is 0 Å². The van der Waals surface area contributed by atoms with Gasteiger partial charge in [0, 0.05) is 17.8 Å². The van der Waals surface area contributed by atoms with Crippen LogP contribution in [0, 0.1) is 17.2 Å². The van der Waals surface area contributed by atoms with Crippen molar-refractivity contribution < 1.29 is 9.53 Å². The molecule has 0 N–H and O–H groups in total. The van der Waals surface area contributed by atoms with Gasteiger partial charge in [-0.15, -0.1) is 11.3 Å². The number of carbonyl (C=O) groups excluding carboxylic acids is 1. The van der Waals surface area contributed by atoms with Crippen LogP contribution in [0.2, 0.25) is 0 Å². The second-order valence-corrected chi connectivity index (χ2v) is 5.95. The normalized spacial score (nSPS) is 21.0. The number of ether oxygens (including phenoxy) is 1. The molecule has 7 heteroatoms. The highest BCUT2D eigenvalue weighted by atomic mass is 32.1. The van der Waals surface area contributed by atoms with E-state index in [1.54, 1.807) is 24.0 Å². The Bertz CT molecular complexity index is 695. The number of hydrogen-bond donors (Lipinski definition) is 0. The topological polar surface area (TPSA) is 88.8 Å². The van der Waals surface area contributed by atoms with Gasteiger partial charge in [-0.1, -0.05) is 6.42 Å². The molecule has 2 heterocycles. The van der Waals surface area contributed by atoms with E-state index in [1.807, 2.05) is 0 Å². The predicted molar refractivity (Wildman–Crippen MR) is 79.9 cm³/mol. The molecule has 112 valence electrons. The summed E-state index contributed by atoms with van der Waals surface area (Å²) in [5.74, 6) is -0.686. The Morgan fingerprint density at radius 3 is 3.00 bits per heavy atom. The van der Waals surface area contributed by atoms with Crippen LogP contribution in [0.1, 0.15) is 36.2 Å². The van der Waals surface area contributed by atoms with Gasteiger partial charge in [0.25, 0.3) is 0 Å². The molecule has 0 aromatic carbocycles. The summed E-state index contributed by atoms with van der Waals surface area (Å²) >= 11 is 1.32. The van der Waals surface area contributed by atoms with Crippen LogP contribution >= 0.6 is 11.3 Å². The summed E-state index contributed by atoms with van der Waals surface area (Å²) in [6, 6.07) is 2.23. The van der Waals surface area contributed by atoms with Gasteiger partial charge in [0.05, 0.1) is 18.2 Å². The van der Waals surface area contributed by atoms with Crippen LogP contribution in [-0.2, 0) is 4.74 Å². The highest BCUT2D eigenvalue weighted by Crippen LogP contribution is 2.28. The van der Waals surface area contributed by atoms with Crippen molar-refractivity contribution in [1.82, 2.24) is 15.0 Å². The minimum Gasteiger partial charge on any atom is -0.456 e. The highest BCUT2D eigenvalue weighted by molar-refractivity contribution is 7.13. The van der Waals surface area contributed by atoms with Crippen molar-refractivity contribution in [1.29, 1.82) is 5.26 Å². The van der Waals surface area contributed by atoms with E-state index >= 15 is 0 Å². The maximum atomic E-state index is 12.2. The third-order valence-electron chi connectivity index (χ3n) is 3.62. The van der Waals surface area contributed by atoms with Crippen LogP contribution in [0.5, 0.6) is 0 Å². The van der Waals surface area contributed by atoms with Crippen LogP contribution in [-0.4, -0.2) is 27.0 Å². The third kappa shape index (κ3) is 3.12. The second kappa shape index (κ2) is 6.62. The summed E-state index contributed by atoms with van der Waals surface area (Å²) in [5.41, 5.74) is 0.882. The molecule has 1 aliphatic rings. The molecule has 0 unspecified atom stereocenters. The Balaban J connectivity index is 1.71. The third-order valence-corrected chi connectivity index (χ3v) is 4.49. The van der Waals surface area contributed by atoms with E-state index in [-0.39, 0.29) is 17.7 Å². The molecular weight excluding hydrogens is 300 g/mol. The number of carbonyl (C=O) groups is 1. The van der Waals surface area contributed by atoms with Gasteiger partial charge < -0.3 is 4.74 Å². The first kappa shape index (κ1) is 14.6. The minimum absolute atomic E-state index is 0.212. The average Bonchev–Trinajstić information content (AvgIpc) is 3.06. The maximum absolute atomic E-state index is 12.2. The summed E-state index contributed by atoms with van der Waals surface area (Å²) in [7, 11) is 0. The first-order valence-corrected chi connectivity index (χ1v) is 7.98. The maximum Gasteiger partial charge on any atom is 0.358 e. The van der Waals surface area contributed by atoms with Gasteiger partial charge in [0.2, 0.25) is 0 Å². The molecule has 0 spiro atoms. The molecule has 0 saturated heterocycles. The van der Waals surface area contributed by atoms with Crippen LogP contribution < -0.4 is 0 Å². The van der Waals surface area contributed by atoms with Crippen molar-refractivity contribution in [2.24, 2.45) is 5.92 Å². The van der Waals surface area contributed by atoms with Crippen molar-refractivity contribution in [3.8, 4) is 16.8 Å². The van der Waals surface area contributed by atoms with Crippen molar-refractivity contribution in [3.05, 3.63) is 29.7 Å². The standard InChI is InChI=1S/C15H14N4O2S/c16-7-10-3-1-2-4-13(10)21-15(20)12-9-22-14(19-12)11-8-17-5-6-18-11/h5-6,8-10,13H,1-4H2/t10-,13-/m0/s1.